The summed E-state index contributed by atoms with van der Waals surface area (Å²) in [5.41, 5.74) is 0. The largest absolute Gasteiger partial charge is 0.377 e. The second kappa shape index (κ2) is 7.65. The molecule has 1 saturated carbocycles. The lowest BCUT2D eigenvalue weighted by Crippen LogP contribution is -2.27. The van der Waals surface area contributed by atoms with Gasteiger partial charge in [-0.05, 0) is 12.8 Å². The molecule has 88 valence electrons. The number of rotatable bonds is 7. The summed E-state index contributed by atoms with van der Waals surface area (Å²) in [5, 5.41) is 5.78. The summed E-state index contributed by atoms with van der Waals surface area (Å²) in [6, 6.07) is 0. The van der Waals surface area contributed by atoms with E-state index in [1.807, 2.05) is 0 Å². The molecule has 15 heavy (non-hydrogen) atoms. The van der Waals surface area contributed by atoms with Crippen molar-refractivity contribution in [3.8, 4) is 0 Å². The second-order valence-corrected chi connectivity index (χ2v) is 3.95. The smallest absolute Gasteiger partial charge is 0.221 e. The van der Waals surface area contributed by atoms with Crippen molar-refractivity contribution < 1.29 is 9.53 Å². The molecular formula is C11H22N2O2. The highest BCUT2D eigenvalue weighted by molar-refractivity contribution is 5.75. The van der Waals surface area contributed by atoms with Gasteiger partial charge in [0.1, 0.15) is 0 Å². The fourth-order valence-electron chi connectivity index (χ4n) is 1.80. The van der Waals surface area contributed by atoms with Gasteiger partial charge in [-0.2, -0.15) is 0 Å². The van der Waals surface area contributed by atoms with Gasteiger partial charge >= 0.3 is 0 Å². The van der Waals surface area contributed by atoms with E-state index in [1.54, 1.807) is 7.05 Å². The number of carbonyl (C=O) groups is 1. The van der Waals surface area contributed by atoms with Crippen molar-refractivity contribution >= 4 is 5.91 Å². The summed E-state index contributed by atoms with van der Waals surface area (Å²) in [7, 11) is 1.66. The zero-order valence-corrected chi connectivity index (χ0v) is 9.55. The molecule has 1 amide bonds. The van der Waals surface area contributed by atoms with Crippen LogP contribution in [0, 0.1) is 0 Å². The maximum absolute atomic E-state index is 10.9. The average Bonchev–Trinajstić information content (AvgIpc) is 2.75. The van der Waals surface area contributed by atoms with Gasteiger partial charge in [0.2, 0.25) is 5.91 Å². The van der Waals surface area contributed by atoms with Crippen molar-refractivity contribution in [1.29, 1.82) is 0 Å². The molecule has 4 nitrogen and oxygen atoms in total. The summed E-state index contributed by atoms with van der Waals surface area (Å²) >= 11 is 0. The topological polar surface area (TPSA) is 50.4 Å². The van der Waals surface area contributed by atoms with Crippen molar-refractivity contribution in [1.82, 2.24) is 10.6 Å². The number of carbonyl (C=O) groups excluding carboxylic acids is 1. The van der Waals surface area contributed by atoms with E-state index in [2.05, 4.69) is 10.6 Å². The van der Waals surface area contributed by atoms with Crippen molar-refractivity contribution in [2.45, 2.75) is 38.2 Å². The van der Waals surface area contributed by atoms with Crippen LogP contribution >= 0.6 is 0 Å². The Hall–Kier alpha value is -0.610. The fraction of sp³-hybridized carbons (Fsp3) is 0.909. The van der Waals surface area contributed by atoms with E-state index in [0.29, 0.717) is 12.5 Å². The molecule has 1 rings (SSSR count). The molecule has 0 saturated heterocycles. The number of ether oxygens (including phenoxy) is 1. The Bertz CT molecular complexity index is 179. The van der Waals surface area contributed by atoms with Crippen molar-refractivity contribution in [3.05, 3.63) is 0 Å². The van der Waals surface area contributed by atoms with Crippen LogP contribution in [0.3, 0.4) is 0 Å². The molecule has 0 bridgehead atoms. The van der Waals surface area contributed by atoms with Gasteiger partial charge in [0.05, 0.1) is 12.7 Å². The van der Waals surface area contributed by atoms with E-state index >= 15 is 0 Å². The first kappa shape index (κ1) is 12.5. The number of hydrogen-bond acceptors (Lipinski definition) is 3. The third-order valence-corrected chi connectivity index (χ3v) is 2.74. The minimum atomic E-state index is 0.0826. The Morgan fingerprint density at radius 1 is 1.33 bits per heavy atom. The summed E-state index contributed by atoms with van der Waals surface area (Å²) in [5.74, 6) is 0.0826. The molecule has 0 unspecified atom stereocenters. The molecule has 1 aliphatic rings. The first-order valence-corrected chi connectivity index (χ1v) is 5.86. The number of hydrogen-bond donors (Lipinski definition) is 2. The van der Waals surface area contributed by atoms with E-state index in [1.165, 1.54) is 25.7 Å². The molecule has 0 aromatic heterocycles. The van der Waals surface area contributed by atoms with E-state index in [-0.39, 0.29) is 5.91 Å². The summed E-state index contributed by atoms with van der Waals surface area (Å²) in [4.78, 5) is 10.9. The quantitative estimate of drug-likeness (QED) is 0.612. The van der Waals surface area contributed by atoms with Crippen LogP contribution in [0.5, 0.6) is 0 Å². The Morgan fingerprint density at radius 3 is 2.73 bits per heavy atom. The highest BCUT2D eigenvalue weighted by Gasteiger charge is 2.14. The fourth-order valence-corrected chi connectivity index (χ4v) is 1.80. The first-order chi connectivity index (χ1) is 7.33. The normalized spacial score (nSPS) is 16.9. The zero-order chi connectivity index (χ0) is 10.9. The van der Waals surface area contributed by atoms with Crippen LogP contribution in [-0.2, 0) is 9.53 Å². The minimum Gasteiger partial charge on any atom is -0.377 e. The third kappa shape index (κ3) is 5.74. The third-order valence-electron chi connectivity index (χ3n) is 2.74. The van der Waals surface area contributed by atoms with Crippen LogP contribution < -0.4 is 10.6 Å². The van der Waals surface area contributed by atoms with Crippen LogP contribution in [0.4, 0.5) is 0 Å². The minimum absolute atomic E-state index is 0.0826. The molecule has 2 N–H and O–H groups in total. The molecule has 0 aliphatic heterocycles. The lowest BCUT2D eigenvalue weighted by Gasteiger charge is -2.11. The number of nitrogens with one attached hydrogen (secondary N) is 2. The van der Waals surface area contributed by atoms with Gasteiger partial charge in [0.25, 0.3) is 0 Å². The van der Waals surface area contributed by atoms with Gasteiger partial charge in [-0.25, -0.2) is 0 Å². The van der Waals surface area contributed by atoms with Crippen molar-refractivity contribution in [2.24, 2.45) is 0 Å². The Balaban J connectivity index is 1.82. The molecule has 0 atom stereocenters. The molecule has 1 aliphatic carbocycles. The summed E-state index contributed by atoms with van der Waals surface area (Å²) in [6.07, 6.45) is 6.10. The van der Waals surface area contributed by atoms with E-state index < -0.39 is 0 Å². The van der Waals surface area contributed by atoms with Gasteiger partial charge < -0.3 is 15.4 Å². The molecule has 0 spiro atoms. The molecule has 0 aromatic rings. The molecule has 4 heteroatoms. The zero-order valence-electron chi connectivity index (χ0n) is 9.55. The van der Waals surface area contributed by atoms with E-state index in [0.717, 1.165) is 19.7 Å². The van der Waals surface area contributed by atoms with Gasteiger partial charge in [-0.15, -0.1) is 0 Å². The summed E-state index contributed by atoms with van der Waals surface area (Å²) in [6.45, 7) is 2.33. The Labute approximate surface area is 91.8 Å². The Kier molecular flexibility index (Phi) is 6.36. The lowest BCUT2D eigenvalue weighted by atomic mass is 10.3. The monoisotopic (exact) mass is 214 g/mol. The maximum atomic E-state index is 10.9. The molecule has 0 aromatic carbocycles. The number of amides is 1. The highest BCUT2D eigenvalue weighted by atomic mass is 16.5. The SMILES string of the molecule is CNC(=O)CCNCCOC1CCCC1. The molecular weight excluding hydrogens is 192 g/mol. The Morgan fingerprint density at radius 2 is 2.07 bits per heavy atom. The lowest BCUT2D eigenvalue weighted by molar-refractivity contribution is -0.120. The van der Waals surface area contributed by atoms with Crippen LogP contribution in [0.15, 0.2) is 0 Å². The predicted octanol–water partition coefficient (Wildman–Crippen LogP) is 0.671. The van der Waals surface area contributed by atoms with Crippen LogP contribution in [0.25, 0.3) is 0 Å². The van der Waals surface area contributed by atoms with Crippen molar-refractivity contribution in [3.63, 3.8) is 0 Å². The van der Waals surface area contributed by atoms with E-state index in [4.69, 9.17) is 4.74 Å². The van der Waals surface area contributed by atoms with Gasteiger partial charge in [-0.3, -0.25) is 4.79 Å². The average molecular weight is 214 g/mol. The van der Waals surface area contributed by atoms with Crippen molar-refractivity contribution in [2.75, 3.05) is 26.7 Å². The maximum Gasteiger partial charge on any atom is 0.221 e. The van der Waals surface area contributed by atoms with Crippen LogP contribution in [0.1, 0.15) is 32.1 Å². The first-order valence-electron chi connectivity index (χ1n) is 5.86. The van der Waals surface area contributed by atoms with Gasteiger partial charge in [0, 0.05) is 26.6 Å². The van der Waals surface area contributed by atoms with Crippen LogP contribution in [-0.4, -0.2) is 38.8 Å². The van der Waals surface area contributed by atoms with E-state index in [9.17, 15) is 4.79 Å². The predicted molar refractivity (Wildman–Crippen MR) is 59.8 cm³/mol. The standard InChI is InChI=1S/C11H22N2O2/c1-12-11(14)6-7-13-8-9-15-10-4-2-3-5-10/h10,13H,2-9H2,1H3,(H,12,14). The molecule has 1 fully saturated rings. The molecule has 0 radical (unpaired) electrons. The van der Waals surface area contributed by atoms with Gasteiger partial charge in [-0.1, -0.05) is 12.8 Å². The second-order valence-electron chi connectivity index (χ2n) is 3.95. The van der Waals surface area contributed by atoms with Gasteiger partial charge in [0.15, 0.2) is 0 Å². The highest BCUT2D eigenvalue weighted by Crippen LogP contribution is 2.20. The molecule has 0 heterocycles. The van der Waals surface area contributed by atoms with Crippen LogP contribution in [0.2, 0.25) is 0 Å². The summed E-state index contributed by atoms with van der Waals surface area (Å²) < 4.78 is 5.67.